The number of likely N-dealkylation sites (tertiary alicyclic amines) is 1. The summed E-state index contributed by atoms with van der Waals surface area (Å²) in [6.07, 6.45) is 13.1. The molecule has 4 atom stereocenters. The summed E-state index contributed by atoms with van der Waals surface area (Å²) in [5, 5.41) is 0. The second kappa shape index (κ2) is 7.77. The van der Waals surface area contributed by atoms with E-state index < -0.39 is 0 Å². The molecule has 6 nitrogen and oxygen atoms in total. The Morgan fingerprint density at radius 3 is 2.69 bits per heavy atom. The van der Waals surface area contributed by atoms with Gasteiger partial charge in [-0.1, -0.05) is 32.1 Å². The summed E-state index contributed by atoms with van der Waals surface area (Å²) in [4.78, 5) is 34.6. The average molecular weight is 400 g/mol. The highest BCUT2D eigenvalue weighted by Gasteiger charge is 2.50. The molecule has 1 aromatic rings. The fourth-order valence-electron chi connectivity index (χ4n) is 6.67. The zero-order chi connectivity index (χ0) is 20.0. The van der Waals surface area contributed by atoms with Crippen molar-refractivity contribution < 1.29 is 14.0 Å². The summed E-state index contributed by atoms with van der Waals surface area (Å²) in [6.45, 7) is 3.29. The van der Waals surface area contributed by atoms with Crippen molar-refractivity contribution in [1.82, 2.24) is 14.8 Å². The standard InChI is InChI=1S/C23H33N3O3/c1-15-22(24-14-29-15)23(28)25-12-17-11-18(13-25)20(10-16-6-3-2-4-7-16)26-19(17)8-5-9-21(26)27/h14,16-20H,2-13H2,1H3/t17-,18+,19+,20+/m1/s1. The number of carbonyl (C=O) groups excluding carboxylic acids is 2. The molecule has 3 saturated heterocycles. The van der Waals surface area contributed by atoms with Crippen LogP contribution in [0.1, 0.15) is 80.5 Å². The third-order valence-corrected chi connectivity index (χ3v) is 8.03. The third-order valence-electron chi connectivity index (χ3n) is 8.03. The first-order chi connectivity index (χ1) is 14.1. The van der Waals surface area contributed by atoms with Crippen molar-refractivity contribution in [2.24, 2.45) is 17.8 Å². The first-order valence-electron chi connectivity index (χ1n) is 11.6. The molecule has 2 amide bonds. The number of piperidine rings is 3. The molecule has 1 saturated carbocycles. The van der Waals surface area contributed by atoms with Crippen LogP contribution < -0.4 is 0 Å². The molecule has 1 aliphatic carbocycles. The summed E-state index contributed by atoms with van der Waals surface area (Å²) in [6, 6.07) is 0.622. The van der Waals surface area contributed by atoms with Gasteiger partial charge >= 0.3 is 0 Å². The highest BCUT2D eigenvalue weighted by Crippen LogP contribution is 2.44. The summed E-state index contributed by atoms with van der Waals surface area (Å²) >= 11 is 0. The molecule has 4 heterocycles. The van der Waals surface area contributed by atoms with E-state index in [1.807, 2.05) is 4.90 Å². The van der Waals surface area contributed by atoms with E-state index in [9.17, 15) is 9.59 Å². The number of aryl methyl sites for hydroxylation is 1. The van der Waals surface area contributed by atoms with Crippen LogP contribution in [0.2, 0.25) is 0 Å². The number of fused-ring (bicyclic) bond motifs is 4. The molecule has 5 rings (SSSR count). The fraction of sp³-hybridized carbons (Fsp3) is 0.783. The maximum atomic E-state index is 13.2. The normalized spacial score (nSPS) is 32.9. The molecule has 0 radical (unpaired) electrons. The van der Waals surface area contributed by atoms with Crippen LogP contribution in [0.15, 0.2) is 10.8 Å². The number of carbonyl (C=O) groups is 2. The second-order valence-corrected chi connectivity index (χ2v) is 9.79. The van der Waals surface area contributed by atoms with Crippen LogP contribution in [-0.2, 0) is 4.79 Å². The van der Waals surface area contributed by atoms with Gasteiger partial charge in [0.2, 0.25) is 5.91 Å². The lowest BCUT2D eigenvalue weighted by Gasteiger charge is -2.57. The van der Waals surface area contributed by atoms with Gasteiger partial charge in [0, 0.05) is 31.6 Å². The van der Waals surface area contributed by atoms with Gasteiger partial charge in [0.05, 0.1) is 0 Å². The number of hydrogen-bond acceptors (Lipinski definition) is 4. The SMILES string of the molecule is Cc1ocnc1C(=O)N1C[C@H]2C[C@@H](C1)[C@H](CC1CCCCC1)N1C(=O)CCC[C@@H]21. The minimum atomic E-state index is -0.00190. The van der Waals surface area contributed by atoms with Gasteiger partial charge in [0.1, 0.15) is 5.76 Å². The number of oxazole rings is 1. The molecule has 0 spiro atoms. The molecule has 6 heteroatoms. The number of rotatable bonds is 3. The Hall–Kier alpha value is -1.85. The molecule has 2 bridgehead atoms. The lowest BCUT2D eigenvalue weighted by atomic mass is 9.69. The minimum Gasteiger partial charge on any atom is -0.448 e. The largest absolute Gasteiger partial charge is 0.448 e. The summed E-state index contributed by atoms with van der Waals surface area (Å²) in [7, 11) is 0. The number of aromatic nitrogens is 1. The molecule has 4 fully saturated rings. The molecular formula is C23H33N3O3. The molecular weight excluding hydrogens is 366 g/mol. The van der Waals surface area contributed by atoms with Crippen molar-refractivity contribution in [1.29, 1.82) is 0 Å². The predicted octanol–water partition coefficient (Wildman–Crippen LogP) is 3.80. The van der Waals surface area contributed by atoms with Gasteiger partial charge in [0.15, 0.2) is 12.1 Å². The fourth-order valence-corrected chi connectivity index (χ4v) is 6.67. The van der Waals surface area contributed by atoms with Crippen molar-refractivity contribution in [3.8, 4) is 0 Å². The number of hydrogen-bond donors (Lipinski definition) is 0. The highest BCUT2D eigenvalue weighted by molar-refractivity contribution is 5.93. The molecule has 4 aliphatic rings. The monoisotopic (exact) mass is 399 g/mol. The Morgan fingerprint density at radius 2 is 1.93 bits per heavy atom. The summed E-state index contributed by atoms with van der Waals surface area (Å²) < 4.78 is 5.28. The summed E-state index contributed by atoms with van der Waals surface area (Å²) in [5.41, 5.74) is 0.449. The molecule has 1 aromatic heterocycles. The molecule has 3 aliphatic heterocycles. The van der Waals surface area contributed by atoms with Crippen LogP contribution in [0.4, 0.5) is 0 Å². The van der Waals surface area contributed by atoms with E-state index in [2.05, 4.69) is 9.88 Å². The van der Waals surface area contributed by atoms with Crippen molar-refractivity contribution in [2.45, 2.75) is 83.2 Å². The van der Waals surface area contributed by atoms with Crippen LogP contribution in [-0.4, -0.2) is 51.8 Å². The van der Waals surface area contributed by atoms with Crippen molar-refractivity contribution in [3.63, 3.8) is 0 Å². The zero-order valence-corrected chi connectivity index (χ0v) is 17.5. The first-order valence-corrected chi connectivity index (χ1v) is 11.6. The van der Waals surface area contributed by atoms with E-state index in [1.165, 1.54) is 38.5 Å². The lowest BCUT2D eigenvalue weighted by molar-refractivity contribution is -0.153. The molecule has 158 valence electrons. The van der Waals surface area contributed by atoms with Crippen molar-refractivity contribution in [3.05, 3.63) is 17.8 Å². The second-order valence-electron chi connectivity index (χ2n) is 9.79. The van der Waals surface area contributed by atoms with Crippen molar-refractivity contribution >= 4 is 11.8 Å². The van der Waals surface area contributed by atoms with Crippen LogP contribution in [0.5, 0.6) is 0 Å². The maximum Gasteiger partial charge on any atom is 0.276 e. The van der Waals surface area contributed by atoms with Gasteiger partial charge in [-0.15, -0.1) is 0 Å². The first kappa shape index (κ1) is 19.1. The quantitative estimate of drug-likeness (QED) is 0.775. The average Bonchev–Trinajstić information content (AvgIpc) is 3.17. The number of amides is 2. The zero-order valence-electron chi connectivity index (χ0n) is 17.5. The predicted molar refractivity (Wildman–Crippen MR) is 108 cm³/mol. The van der Waals surface area contributed by atoms with E-state index in [0.717, 1.165) is 44.7 Å². The smallest absolute Gasteiger partial charge is 0.276 e. The van der Waals surface area contributed by atoms with E-state index in [4.69, 9.17) is 4.42 Å². The Bertz CT molecular complexity index is 769. The Kier molecular flexibility index (Phi) is 5.12. The summed E-state index contributed by atoms with van der Waals surface area (Å²) in [5.74, 6) is 2.49. The molecule has 29 heavy (non-hydrogen) atoms. The van der Waals surface area contributed by atoms with E-state index in [1.54, 1.807) is 6.92 Å². The molecule has 0 N–H and O–H groups in total. The van der Waals surface area contributed by atoms with E-state index in [0.29, 0.717) is 47.7 Å². The van der Waals surface area contributed by atoms with Crippen LogP contribution in [0.3, 0.4) is 0 Å². The van der Waals surface area contributed by atoms with Crippen LogP contribution in [0.25, 0.3) is 0 Å². The lowest BCUT2D eigenvalue weighted by Crippen LogP contribution is -2.65. The van der Waals surface area contributed by atoms with Crippen LogP contribution in [0, 0.1) is 24.7 Å². The van der Waals surface area contributed by atoms with E-state index >= 15 is 0 Å². The van der Waals surface area contributed by atoms with Gasteiger partial charge in [0.25, 0.3) is 5.91 Å². The van der Waals surface area contributed by atoms with Gasteiger partial charge in [-0.25, -0.2) is 4.98 Å². The number of nitrogens with zero attached hydrogens (tertiary/aromatic N) is 3. The van der Waals surface area contributed by atoms with Crippen molar-refractivity contribution in [2.75, 3.05) is 13.1 Å². The molecule has 0 unspecified atom stereocenters. The minimum absolute atomic E-state index is 0.00190. The van der Waals surface area contributed by atoms with Crippen LogP contribution >= 0.6 is 0 Å². The Labute approximate surface area is 173 Å². The molecule has 0 aromatic carbocycles. The third kappa shape index (κ3) is 3.49. The Balaban J connectivity index is 1.40. The van der Waals surface area contributed by atoms with Gasteiger partial charge in [-0.2, -0.15) is 0 Å². The van der Waals surface area contributed by atoms with Gasteiger partial charge < -0.3 is 14.2 Å². The maximum absolute atomic E-state index is 13.2. The highest BCUT2D eigenvalue weighted by atomic mass is 16.3. The van der Waals surface area contributed by atoms with Gasteiger partial charge in [-0.3, -0.25) is 9.59 Å². The van der Waals surface area contributed by atoms with Gasteiger partial charge in [-0.05, 0) is 50.4 Å². The van der Waals surface area contributed by atoms with E-state index in [-0.39, 0.29) is 5.91 Å². The Morgan fingerprint density at radius 1 is 1.14 bits per heavy atom. The topological polar surface area (TPSA) is 66.7 Å².